The quantitative estimate of drug-likeness (QED) is 0.725. The second-order valence-corrected chi connectivity index (χ2v) is 4.46. The Kier molecular flexibility index (Phi) is 3.83. The molecule has 0 fully saturated rings. The first kappa shape index (κ1) is 13.8. The van der Waals surface area contributed by atoms with Gasteiger partial charge in [-0.2, -0.15) is 5.26 Å². The molecule has 3 aromatic rings. The summed E-state index contributed by atoms with van der Waals surface area (Å²) >= 11 is 0. The van der Waals surface area contributed by atoms with Crippen LogP contribution < -0.4 is 9.47 Å². The van der Waals surface area contributed by atoms with E-state index in [4.69, 9.17) is 14.7 Å². The number of rotatable bonds is 5. The molecule has 0 saturated carbocycles. The van der Waals surface area contributed by atoms with E-state index in [1.54, 1.807) is 19.4 Å². The lowest BCUT2D eigenvalue weighted by Crippen LogP contribution is -1.97. The molecule has 0 aliphatic carbocycles. The van der Waals surface area contributed by atoms with Gasteiger partial charge in [0.05, 0.1) is 31.4 Å². The number of methoxy groups -OCH3 is 1. The molecule has 3 rings (SSSR count). The van der Waals surface area contributed by atoms with Crippen LogP contribution >= 0.6 is 0 Å². The van der Waals surface area contributed by atoms with Crippen molar-refractivity contribution in [1.82, 2.24) is 19.9 Å². The highest BCUT2D eigenvalue weighted by Gasteiger charge is 2.12. The van der Waals surface area contributed by atoms with Crippen molar-refractivity contribution in [2.45, 2.75) is 6.42 Å². The minimum Gasteiger partial charge on any atom is -0.496 e. The zero-order chi connectivity index (χ0) is 15.4. The van der Waals surface area contributed by atoms with Crippen molar-refractivity contribution in [2.24, 2.45) is 0 Å². The monoisotopic (exact) mass is 295 g/mol. The summed E-state index contributed by atoms with van der Waals surface area (Å²) < 4.78 is 10.9. The van der Waals surface area contributed by atoms with Crippen LogP contribution in [0.5, 0.6) is 11.5 Å². The fraction of sp³-hybridized carbons (Fsp3) is 0.200. The SMILES string of the molecule is COc1cc(OCCC#N)ccc1-c1nc2ncncc2[nH]1. The average Bonchev–Trinajstić information content (AvgIpc) is 2.98. The van der Waals surface area contributed by atoms with E-state index in [1.165, 1.54) is 6.33 Å². The molecule has 0 atom stereocenters. The van der Waals surface area contributed by atoms with Crippen LogP contribution in [-0.2, 0) is 0 Å². The summed E-state index contributed by atoms with van der Waals surface area (Å²) in [6, 6.07) is 7.47. The van der Waals surface area contributed by atoms with Gasteiger partial charge in [0, 0.05) is 6.07 Å². The molecule has 1 N–H and O–H groups in total. The van der Waals surface area contributed by atoms with E-state index in [2.05, 4.69) is 19.9 Å². The van der Waals surface area contributed by atoms with E-state index in [1.807, 2.05) is 18.2 Å². The Bertz CT molecular complexity index is 804. The number of hydrogen-bond acceptors (Lipinski definition) is 6. The molecule has 1 aromatic carbocycles. The maximum atomic E-state index is 8.53. The largest absolute Gasteiger partial charge is 0.496 e. The normalized spacial score (nSPS) is 10.4. The number of nitrogens with one attached hydrogen (secondary N) is 1. The second-order valence-electron chi connectivity index (χ2n) is 4.46. The van der Waals surface area contributed by atoms with Crippen LogP contribution in [0.2, 0.25) is 0 Å². The maximum absolute atomic E-state index is 8.53. The van der Waals surface area contributed by atoms with Crippen molar-refractivity contribution in [2.75, 3.05) is 13.7 Å². The molecule has 0 amide bonds. The molecule has 0 unspecified atom stereocenters. The van der Waals surface area contributed by atoms with Gasteiger partial charge < -0.3 is 14.5 Å². The Labute approximate surface area is 126 Å². The maximum Gasteiger partial charge on any atom is 0.181 e. The van der Waals surface area contributed by atoms with Gasteiger partial charge in [-0.05, 0) is 12.1 Å². The van der Waals surface area contributed by atoms with E-state index < -0.39 is 0 Å². The summed E-state index contributed by atoms with van der Waals surface area (Å²) in [5, 5.41) is 8.53. The van der Waals surface area contributed by atoms with Crippen LogP contribution in [0.25, 0.3) is 22.6 Å². The number of hydrogen-bond donors (Lipinski definition) is 1. The lowest BCUT2D eigenvalue weighted by molar-refractivity contribution is 0.323. The molecule has 0 bridgehead atoms. The number of aromatic nitrogens is 4. The van der Waals surface area contributed by atoms with E-state index in [0.717, 1.165) is 11.1 Å². The smallest absolute Gasteiger partial charge is 0.181 e. The van der Waals surface area contributed by atoms with Crippen LogP contribution in [0.4, 0.5) is 0 Å². The average molecular weight is 295 g/mol. The summed E-state index contributed by atoms with van der Waals surface area (Å²) in [6.45, 7) is 0.346. The first-order chi connectivity index (χ1) is 10.8. The zero-order valence-corrected chi connectivity index (χ0v) is 11.9. The summed E-state index contributed by atoms with van der Waals surface area (Å²) in [5.74, 6) is 1.92. The van der Waals surface area contributed by atoms with Crippen LogP contribution in [0.15, 0.2) is 30.7 Å². The number of imidazole rings is 1. The molecule has 22 heavy (non-hydrogen) atoms. The third kappa shape index (κ3) is 2.67. The lowest BCUT2D eigenvalue weighted by Gasteiger charge is -2.09. The van der Waals surface area contributed by atoms with Crippen LogP contribution in [-0.4, -0.2) is 33.7 Å². The molecule has 0 spiro atoms. The van der Waals surface area contributed by atoms with Crippen molar-refractivity contribution >= 4 is 11.2 Å². The molecule has 7 heteroatoms. The molecular formula is C15H13N5O2. The predicted octanol–water partition coefficient (Wildman–Crippen LogP) is 2.32. The van der Waals surface area contributed by atoms with Gasteiger partial charge in [-0.15, -0.1) is 0 Å². The molecule has 0 aliphatic heterocycles. The van der Waals surface area contributed by atoms with Crippen molar-refractivity contribution in [3.8, 4) is 29.0 Å². The van der Waals surface area contributed by atoms with Gasteiger partial charge in [-0.3, -0.25) is 0 Å². The first-order valence-electron chi connectivity index (χ1n) is 6.65. The summed E-state index contributed by atoms with van der Waals surface area (Å²) in [4.78, 5) is 15.6. The van der Waals surface area contributed by atoms with E-state index in [-0.39, 0.29) is 0 Å². The van der Waals surface area contributed by atoms with Gasteiger partial charge in [0.15, 0.2) is 5.65 Å². The molecule has 2 heterocycles. The topological polar surface area (TPSA) is 96.7 Å². The number of ether oxygens (including phenoxy) is 2. The Morgan fingerprint density at radius 3 is 3.05 bits per heavy atom. The molecule has 0 radical (unpaired) electrons. The van der Waals surface area contributed by atoms with Crippen molar-refractivity contribution < 1.29 is 9.47 Å². The molecule has 110 valence electrons. The lowest BCUT2D eigenvalue weighted by atomic mass is 10.2. The van der Waals surface area contributed by atoms with Gasteiger partial charge in [-0.25, -0.2) is 15.0 Å². The third-order valence-corrected chi connectivity index (χ3v) is 3.07. The first-order valence-corrected chi connectivity index (χ1v) is 6.65. The molecule has 0 aliphatic rings. The van der Waals surface area contributed by atoms with Crippen LogP contribution in [0.1, 0.15) is 6.42 Å². The Morgan fingerprint density at radius 1 is 1.36 bits per heavy atom. The fourth-order valence-electron chi connectivity index (χ4n) is 2.06. The van der Waals surface area contributed by atoms with Gasteiger partial charge in [0.2, 0.25) is 0 Å². The third-order valence-electron chi connectivity index (χ3n) is 3.07. The fourth-order valence-corrected chi connectivity index (χ4v) is 2.06. The van der Waals surface area contributed by atoms with Crippen LogP contribution in [0.3, 0.4) is 0 Å². The van der Waals surface area contributed by atoms with E-state index in [0.29, 0.717) is 36.0 Å². The molecule has 7 nitrogen and oxygen atoms in total. The van der Waals surface area contributed by atoms with Gasteiger partial charge >= 0.3 is 0 Å². The van der Waals surface area contributed by atoms with E-state index in [9.17, 15) is 0 Å². The zero-order valence-electron chi connectivity index (χ0n) is 11.9. The Balaban J connectivity index is 1.94. The highest BCUT2D eigenvalue weighted by atomic mass is 16.5. The van der Waals surface area contributed by atoms with Gasteiger partial charge in [-0.1, -0.05) is 0 Å². The highest BCUT2D eigenvalue weighted by Crippen LogP contribution is 2.32. The minimum absolute atomic E-state index is 0.340. The summed E-state index contributed by atoms with van der Waals surface area (Å²) in [7, 11) is 1.58. The van der Waals surface area contributed by atoms with Gasteiger partial charge in [0.1, 0.15) is 35.8 Å². The predicted molar refractivity (Wildman–Crippen MR) is 79.4 cm³/mol. The molecule has 0 saturated heterocycles. The standard InChI is InChI=1S/C15H13N5O2/c1-21-13-7-10(22-6-2-5-16)3-4-11(13)14-19-12-8-17-9-18-15(12)20-14/h3-4,7-9H,2,6H2,1H3,(H,17,18,19,20). The second kappa shape index (κ2) is 6.10. The molecule has 2 aromatic heterocycles. The number of benzene rings is 1. The number of fused-ring (bicyclic) bond motifs is 1. The Morgan fingerprint density at radius 2 is 2.27 bits per heavy atom. The Hall–Kier alpha value is -3.14. The van der Waals surface area contributed by atoms with Crippen molar-refractivity contribution in [3.05, 3.63) is 30.7 Å². The van der Waals surface area contributed by atoms with Crippen LogP contribution in [0, 0.1) is 11.3 Å². The summed E-state index contributed by atoms with van der Waals surface area (Å²) in [5.41, 5.74) is 2.16. The number of H-pyrrole nitrogens is 1. The number of nitriles is 1. The highest BCUT2D eigenvalue weighted by molar-refractivity contribution is 5.77. The van der Waals surface area contributed by atoms with Crippen molar-refractivity contribution in [1.29, 1.82) is 5.26 Å². The van der Waals surface area contributed by atoms with E-state index >= 15 is 0 Å². The molecular weight excluding hydrogens is 282 g/mol. The summed E-state index contributed by atoms with van der Waals surface area (Å²) in [6.07, 6.45) is 3.47. The number of aromatic amines is 1. The number of nitrogens with zero attached hydrogens (tertiary/aromatic N) is 4. The van der Waals surface area contributed by atoms with Crippen molar-refractivity contribution in [3.63, 3.8) is 0 Å². The van der Waals surface area contributed by atoms with Gasteiger partial charge in [0.25, 0.3) is 0 Å². The minimum atomic E-state index is 0.340.